The third-order valence-corrected chi connectivity index (χ3v) is 3.82. The van der Waals surface area contributed by atoms with Gasteiger partial charge in [-0.25, -0.2) is 0 Å². The van der Waals surface area contributed by atoms with Gasteiger partial charge in [0, 0.05) is 11.6 Å². The summed E-state index contributed by atoms with van der Waals surface area (Å²) < 4.78 is 0. The summed E-state index contributed by atoms with van der Waals surface area (Å²) in [5, 5.41) is 13.3. The van der Waals surface area contributed by atoms with Crippen molar-refractivity contribution < 1.29 is 5.11 Å². The smallest absolute Gasteiger partial charge is 0.120 e. The zero-order valence-electron chi connectivity index (χ0n) is 10.7. The Labute approximate surface area is 103 Å². The topological polar surface area (TPSA) is 35.5 Å². The molecule has 0 radical (unpaired) electrons. The van der Waals surface area contributed by atoms with Gasteiger partial charge in [0.2, 0.25) is 0 Å². The number of benzene rings is 1. The summed E-state index contributed by atoms with van der Waals surface area (Å²) >= 11 is 0. The van der Waals surface area contributed by atoms with Crippen molar-refractivity contribution in [2.24, 2.45) is 5.92 Å². The van der Waals surface area contributed by atoms with E-state index < -0.39 is 0 Å². The maximum atomic E-state index is 9.94. The molecule has 1 atom stereocenters. The second-order valence-electron chi connectivity index (χ2n) is 4.97. The molecule has 0 amide bonds. The van der Waals surface area contributed by atoms with Gasteiger partial charge >= 0.3 is 0 Å². The molecular weight excluding hydrogens is 212 g/mol. The number of likely N-dealkylation sites (tertiary alicyclic amines) is 1. The van der Waals surface area contributed by atoms with Gasteiger partial charge in [0.05, 0.1) is 0 Å². The first-order valence-electron chi connectivity index (χ1n) is 6.36. The summed E-state index contributed by atoms with van der Waals surface area (Å²) in [6.07, 6.45) is 2.38. The van der Waals surface area contributed by atoms with Crippen LogP contribution in [0.5, 0.6) is 5.75 Å². The quantitative estimate of drug-likeness (QED) is 0.839. The van der Waals surface area contributed by atoms with Crippen LogP contribution >= 0.6 is 0 Å². The van der Waals surface area contributed by atoms with Crippen LogP contribution in [-0.4, -0.2) is 37.2 Å². The molecule has 0 saturated carbocycles. The molecule has 2 rings (SSSR count). The number of para-hydroxylation sites is 1. The van der Waals surface area contributed by atoms with Gasteiger partial charge in [-0.3, -0.25) is 0 Å². The predicted octanol–water partition coefficient (Wildman–Crippen LogP) is 1.99. The summed E-state index contributed by atoms with van der Waals surface area (Å²) in [5.41, 5.74) is 1.03. The first-order valence-corrected chi connectivity index (χ1v) is 6.36. The van der Waals surface area contributed by atoms with E-state index in [0.717, 1.165) is 18.7 Å². The van der Waals surface area contributed by atoms with E-state index in [0.29, 0.717) is 11.7 Å². The van der Waals surface area contributed by atoms with E-state index in [-0.39, 0.29) is 6.04 Å². The summed E-state index contributed by atoms with van der Waals surface area (Å²) in [7, 11) is 4.15. The molecule has 1 heterocycles. The van der Waals surface area contributed by atoms with Crippen molar-refractivity contribution in [1.29, 1.82) is 0 Å². The third-order valence-electron chi connectivity index (χ3n) is 3.82. The molecule has 2 N–H and O–H groups in total. The van der Waals surface area contributed by atoms with Crippen LogP contribution in [0.2, 0.25) is 0 Å². The number of nitrogens with zero attached hydrogens (tertiary/aromatic N) is 1. The fourth-order valence-electron chi connectivity index (χ4n) is 2.76. The van der Waals surface area contributed by atoms with E-state index in [4.69, 9.17) is 0 Å². The Hall–Kier alpha value is -1.06. The van der Waals surface area contributed by atoms with Gasteiger partial charge < -0.3 is 15.3 Å². The highest BCUT2D eigenvalue weighted by Crippen LogP contribution is 2.34. The molecule has 1 aliphatic rings. The van der Waals surface area contributed by atoms with Crippen molar-refractivity contribution >= 4 is 0 Å². The predicted molar refractivity (Wildman–Crippen MR) is 70.1 cm³/mol. The van der Waals surface area contributed by atoms with Crippen molar-refractivity contribution in [3.63, 3.8) is 0 Å². The largest absolute Gasteiger partial charge is 0.508 e. The SMILES string of the molecule is CNC(c1ccccc1O)C1CCN(C)CC1. The summed E-state index contributed by atoms with van der Waals surface area (Å²) in [6.45, 7) is 2.30. The highest BCUT2D eigenvalue weighted by molar-refractivity contribution is 5.35. The lowest BCUT2D eigenvalue weighted by molar-refractivity contribution is 0.187. The lowest BCUT2D eigenvalue weighted by atomic mass is 9.85. The van der Waals surface area contributed by atoms with E-state index in [9.17, 15) is 5.11 Å². The Morgan fingerprint density at radius 1 is 1.29 bits per heavy atom. The van der Waals surface area contributed by atoms with Crippen LogP contribution in [0.25, 0.3) is 0 Å². The van der Waals surface area contributed by atoms with E-state index in [1.807, 2.05) is 25.2 Å². The number of nitrogens with one attached hydrogen (secondary N) is 1. The van der Waals surface area contributed by atoms with Crippen LogP contribution in [0.4, 0.5) is 0 Å². The molecule has 0 spiro atoms. The molecule has 1 aliphatic heterocycles. The lowest BCUT2D eigenvalue weighted by Gasteiger charge is -2.34. The van der Waals surface area contributed by atoms with E-state index in [1.54, 1.807) is 6.07 Å². The Kier molecular flexibility index (Phi) is 4.02. The maximum Gasteiger partial charge on any atom is 0.120 e. The second-order valence-corrected chi connectivity index (χ2v) is 4.97. The number of hydrogen-bond donors (Lipinski definition) is 2. The highest BCUT2D eigenvalue weighted by Gasteiger charge is 2.26. The molecule has 94 valence electrons. The fourth-order valence-corrected chi connectivity index (χ4v) is 2.76. The number of hydrogen-bond acceptors (Lipinski definition) is 3. The summed E-state index contributed by atoms with van der Waals surface area (Å²) in [6, 6.07) is 7.93. The van der Waals surface area contributed by atoms with Crippen molar-refractivity contribution in [3.05, 3.63) is 29.8 Å². The van der Waals surface area contributed by atoms with Crippen LogP contribution in [0.15, 0.2) is 24.3 Å². The van der Waals surface area contributed by atoms with Crippen molar-refractivity contribution in [2.75, 3.05) is 27.2 Å². The Bertz CT molecular complexity index is 359. The molecule has 3 nitrogen and oxygen atoms in total. The average molecular weight is 234 g/mol. The number of phenolic OH excluding ortho intramolecular Hbond substituents is 1. The zero-order chi connectivity index (χ0) is 12.3. The van der Waals surface area contributed by atoms with Gasteiger partial charge in [0.25, 0.3) is 0 Å². The molecule has 1 aromatic rings. The number of rotatable bonds is 3. The lowest BCUT2D eigenvalue weighted by Crippen LogP contribution is -2.36. The number of piperidine rings is 1. The highest BCUT2D eigenvalue weighted by atomic mass is 16.3. The van der Waals surface area contributed by atoms with Crippen LogP contribution in [0.1, 0.15) is 24.4 Å². The second kappa shape index (κ2) is 5.52. The standard InChI is InChI=1S/C14H22N2O/c1-15-14(11-7-9-16(2)10-8-11)12-5-3-4-6-13(12)17/h3-6,11,14-15,17H,7-10H2,1-2H3. The Balaban J connectivity index is 2.14. The minimum absolute atomic E-state index is 0.268. The van der Waals surface area contributed by atoms with Gasteiger partial charge in [-0.2, -0.15) is 0 Å². The molecule has 1 fully saturated rings. The number of aromatic hydroxyl groups is 1. The molecule has 3 heteroatoms. The molecule has 0 bridgehead atoms. The molecule has 17 heavy (non-hydrogen) atoms. The van der Waals surface area contributed by atoms with Crippen LogP contribution in [-0.2, 0) is 0 Å². The normalized spacial score (nSPS) is 20.4. The maximum absolute atomic E-state index is 9.94. The molecule has 1 saturated heterocycles. The zero-order valence-corrected chi connectivity index (χ0v) is 10.7. The Morgan fingerprint density at radius 2 is 1.94 bits per heavy atom. The summed E-state index contributed by atoms with van der Waals surface area (Å²) in [4.78, 5) is 2.37. The first-order chi connectivity index (χ1) is 8.22. The molecule has 1 aromatic carbocycles. The van der Waals surface area contributed by atoms with Crippen molar-refractivity contribution in [1.82, 2.24) is 10.2 Å². The van der Waals surface area contributed by atoms with E-state index in [1.165, 1.54) is 12.8 Å². The monoisotopic (exact) mass is 234 g/mol. The molecule has 0 aromatic heterocycles. The minimum Gasteiger partial charge on any atom is -0.508 e. The molecular formula is C14H22N2O. The third kappa shape index (κ3) is 2.79. The number of phenols is 1. The van der Waals surface area contributed by atoms with Crippen molar-refractivity contribution in [3.8, 4) is 5.75 Å². The van der Waals surface area contributed by atoms with Crippen LogP contribution < -0.4 is 5.32 Å². The van der Waals surface area contributed by atoms with E-state index in [2.05, 4.69) is 17.3 Å². The van der Waals surface area contributed by atoms with Gasteiger partial charge in [-0.05, 0) is 52.0 Å². The van der Waals surface area contributed by atoms with Crippen molar-refractivity contribution in [2.45, 2.75) is 18.9 Å². The Morgan fingerprint density at radius 3 is 2.53 bits per heavy atom. The first kappa shape index (κ1) is 12.4. The van der Waals surface area contributed by atoms with Gasteiger partial charge in [0.1, 0.15) is 5.75 Å². The van der Waals surface area contributed by atoms with Gasteiger partial charge in [-0.15, -0.1) is 0 Å². The molecule has 0 aliphatic carbocycles. The van der Waals surface area contributed by atoms with Gasteiger partial charge in [-0.1, -0.05) is 18.2 Å². The minimum atomic E-state index is 0.268. The molecule has 1 unspecified atom stereocenters. The van der Waals surface area contributed by atoms with Crippen LogP contribution in [0, 0.1) is 5.92 Å². The summed E-state index contributed by atoms with van der Waals surface area (Å²) in [5.74, 6) is 1.02. The van der Waals surface area contributed by atoms with E-state index >= 15 is 0 Å². The van der Waals surface area contributed by atoms with Gasteiger partial charge in [0.15, 0.2) is 0 Å². The van der Waals surface area contributed by atoms with Crippen LogP contribution in [0.3, 0.4) is 0 Å². The fraction of sp³-hybridized carbons (Fsp3) is 0.571. The average Bonchev–Trinajstić information content (AvgIpc) is 2.35.